The van der Waals surface area contributed by atoms with Gasteiger partial charge in [0, 0.05) is 24.9 Å². The summed E-state index contributed by atoms with van der Waals surface area (Å²) in [5.41, 5.74) is 3.06. The summed E-state index contributed by atoms with van der Waals surface area (Å²) in [6.07, 6.45) is 12.4. The molecule has 1 atom stereocenters. The van der Waals surface area contributed by atoms with Crippen LogP contribution in [0.1, 0.15) is 104 Å². The summed E-state index contributed by atoms with van der Waals surface area (Å²) in [4.78, 5) is 38.0. The molecule has 5 heteroatoms. The summed E-state index contributed by atoms with van der Waals surface area (Å²) in [6, 6.07) is 26.1. The smallest absolute Gasteiger partial charge is 0.375 e. The van der Waals surface area contributed by atoms with Gasteiger partial charge < -0.3 is 10.1 Å². The fourth-order valence-corrected chi connectivity index (χ4v) is 4.87. The van der Waals surface area contributed by atoms with E-state index in [4.69, 9.17) is 4.74 Å². The van der Waals surface area contributed by atoms with E-state index in [0.29, 0.717) is 24.1 Å². The average Bonchev–Trinajstić information content (AvgIpc) is 3.00. The fourth-order valence-electron chi connectivity index (χ4n) is 4.87. The Morgan fingerprint density at radius 1 is 0.659 bits per heavy atom. The number of ether oxygens (including phenoxy) is 1. The third-order valence-electron chi connectivity index (χ3n) is 7.31. The zero-order valence-electron chi connectivity index (χ0n) is 24.5. The number of nitrogens with one attached hydrogen (secondary N) is 1. The molecule has 0 heterocycles. The van der Waals surface area contributed by atoms with Crippen molar-refractivity contribution in [2.45, 2.75) is 90.1 Å². The highest BCUT2D eigenvalue weighted by Crippen LogP contribution is 2.23. The van der Waals surface area contributed by atoms with E-state index < -0.39 is 17.9 Å². The van der Waals surface area contributed by atoms with Gasteiger partial charge in [0.05, 0.1) is 0 Å². The predicted molar refractivity (Wildman–Crippen MR) is 165 cm³/mol. The fraction of sp³-hybridized carbons (Fsp3) is 0.417. The van der Waals surface area contributed by atoms with Crippen LogP contribution >= 0.6 is 0 Å². The third-order valence-corrected chi connectivity index (χ3v) is 7.31. The molecule has 0 bridgehead atoms. The van der Waals surface area contributed by atoms with E-state index in [-0.39, 0.29) is 12.3 Å². The molecule has 1 N–H and O–H groups in total. The first-order valence-corrected chi connectivity index (χ1v) is 15.3. The van der Waals surface area contributed by atoms with Gasteiger partial charge in [-0.25, -0.2) is 4.79 Å². The summed E-state index contributed by atoms with van der Waals surface area (Å²) >= 11 is 0. The largest absolute Gasteiger partial charge is 0.451 e. The summed E-state index contributed by atoms with van der Waals surface area (Å²) in [6.45, 7) is 2.90. The predicted octanol–water partition coefficient (Wildman–Crippen LogP) is 7.98. The van der Waals surface area contributed by atoms with Crippen molar-refractivity contribution in [1.82, 2.24) is 5.32 Å². The van der Waals surface area contributed by atoms with Gasteiger partial charge in [0.25, 0.3) is 5.91 Å². The zero-order valence-corrected chi connectivity index (χ0v) is 24.5. The highest BCUT2D eigenvalue weighted by molar-refractivity contribution is 6.34. The molecule has 0 fully saturated rings. The Morgan fingerprint density at radius 3 is 1.83 bits per heavy atom. The number of carbonyl (C=O) groups excluding carboxylic acids is 3. The Morgan fingerprint density at radius 2 is 1.22 bits per heavy atom. The standard InChI is InChI=1S/C36H45NO4/c1-2-3-4-5-6-7-8-9-10-17-26-37-35(39)32-24-22-30(23-25-32)27-33(38)36(40)41-34(31-20-15-12-16-21-31)28-29-18-13-11-14-19-29/h11-16,18-25,34H,2-10,17,26-28H2,1H3,(H,37,39). The third kappa shape index (κ3) is 12.1. The monoisotopic (exact) mass is 555 g/mol. The van der Waals surface area contributed by atoms with E-state index in [2.05, 4.69) is 12.2 Å². The number of rotatable bonds is 19. The van der Waals surface area contributed by atoms with Crippen molar-refractivity contribution in [2.24, 2.45) is 0 Å². The van der Waals surface area contributed by atoms with Gasteiger partial charge in [0.15, 0.2) is 0 Å². The lowest BCUT2D eigenvalue weighted by Crippen LogP contribution is -2.24. The van der Waals surface area contributed by atoms with Crippen molar-refractivity contribution < 1.29 is 19.1 Å². The molecule has 0 aromatic heterocycles. The van der Waals surface area contributed by atoms with Gasteiger partial charge in [-0.2, -0.15) is 0 Å². The molecular formula is C36H45NO4. The van der Waals surface area contributed by atoms with E-state index in [1.165, 1.54) is 51.4 Å². The lowest BCUT2D eigenvalue weighted by molar-refractivity contribution is -0.158. The average molecular weight is 556 g/mol. The minimum atomic E-state index is -0.854. The molecule has 0 saturated carbocycles. The van der Waals surface area contributed by atoms with Crippen LogP contribution in [0.4, 0.5) is 0 Å². The number of ketones is 1. The van der Waals surface area contributed by atoms with Gasteiger partial charge in [0.1, 0.15) is 6.10 Å². The van der Waals surface area contributed by atoms with Crippen molar-refractivity contribution in [2.75, 3.05) is 6.54 Å². The molecule has 0 saturated heterocycles. The summed E-state index contributed by atoms with van der Waals surface area (Å²) in [7, 11) is 0. The Labute approximate surface area is 245 Å². The number of benzene rings is 3. The molecule has 0 aliphatic carbocycles. The SMILES string of the molecule is CCCCCCCCCCCCNC(=O)c1ccc(CC(=O)C(=O)OC(Cc2ccccc2)c2ccccc2)cc1. The molecule has 3 rings (SSSR count). The Bertz CT molecular complexity index is 1180. The second-order valence-electron chi connectivity index (χ2n) is 10.7. The number of esters is 1. The van der Waals surface area contributed by atoms with Gasteiger partial charge in [-0.05, 0) is 35.2 Å². The lowest BCUT2D eigenvalue weighted by atomic mass is 10.0. The van der Waals surface area contributed by atoms with Crippen molar-refractivity contribution in [3.8, 4) is 0 Å². The second kappa shape index (κ2) is 18.6. The second-order valence-corrected chi connectivity index (χ2v) is 10.7. The number of amides is 1. The van der Waals surface area contributed by atoms with Gasteiger partial charge in [-0.15, -0.1) is 0 Å². The van der Waals surface area contributed by atoms with Crippen LogP contribution in [0, 0.1) is 0 Å². The van der Waals surface area contributed by atoms with E-state index in [9.17, 15) is 14.4 Å². The molecule has 0 aliphatic heterocycles. The minimum absolute atomic E-state index is 0.0772. The maximum absolute atomic E-state index is 12.7. The van der Waals surface area contributed by atoms with Crippen LogP contribution in [0.15, 0.2) is 84.9 Å². The Balaban J connectivity index is 1.39. The zero-order chi connectivity index (χ0) is 29.1. The van der Waals surface area contributed by atoms with Crippen molar-refractivity contribution in [3.05, 3.63) is 107 Å². The molecule has 3 aromatic carbocycles. The van der Waals surface area contributed by atoms with Crippen LogP contribution in [0.3, 0.4) is 0 Å². The maximum atomic E-state index is 12.7. The minimum Gasteiger partial charge on any atom is -0.451 e. The van der Waals surface area contributed by atoms with Crippen LogP contribution in [-0.4, -0.2) is 24.2 Å². The topological polar surface area (TPSA) is 72.5 Å². The van der Waals surface area contributed by atoms with Crippen molar-refractivity contribution >= 4 is 17.7 Å². The van der Waals surface area contributed by atoms with Crippen LogP contribution in [0.2, 0.25) is 0 Å². The van der Waals surface area contributed by atoms with Gasteiger partial charge in [-0.3, -0.25) is 9.59 Å². The number of unbranched alkanes of at least 4 members (excludes halogenated alkanes) is 9. The Hall–Kier alpha value is -3.73. The molecule has 1 unspecified atom stereocenters. The van der Waals surface area contributed by atoms with Gasteiger partial charge in [0.2, 0.25) is 5.78 Å². The van der Waals surface area contributed by atoms with E-state index >= 15 is 0 Å². The molecule has 41 heavy (non-hydrogen) atoms. The molecule has 0 spiro atoms. The van der Waals surface area contributed by atoms with Crippen LogP contribution in [0.5, 0.6) is 0 Å². The molecule has 0 aliphatic rings. The Kier molecular flexibility index (Phi) is 14.4. The first kappa shape index (κ1) is 31.8. The van der Waals surface area contributed by atoms with Crippen molar-refractivity contribution in [3.63, 3.8) is 0 Å². The van der Waals surface area contributed by atoms with E-state index in [1.54, 1.807) is 24.3 Å². The first-order valence-electron chi connectivity index (χ1n) is 15.3. The summed E-state index contributed by atoms with van der Waals surface area (Å²) in [5.74, 6) is -1.59. The summed E-state index contributed by atoms with van der Waals surface area (Å²) in [5, 5.41) is 2.98. The highest BCUT2D eigenvalue weighted by atomic mass is 16.5. The number of hydrogen-bond donors (Lipinski definition) is 1. The molecular weight excluding hydrogens is 510 g/mol. The van der Waals surface area contributed by atoms with Crippen LogP contribution in [0.25, 0.3) is 0 Å². The quantitative estimate of drug-likeness (QED) is 0.0925. The molecule has 5 nitrogen and oxygen atoms in total. The number of Topliss-reactive ketones (excluding diaryl/α,β-unsaturated/α-hetero) is 1. The molecule has 1 amide bonds. The first-order chi connectivity index (χ1) is 20.1. The molecule has 0 radical (unpaired) electrons. The van der Waals surface area contributed by atoms with E-state index in [1.807, 2.05) is 60.7 Å². The van der Waals surface area contributed by atoms with E-state index in [0.717, 1.165) is 24.0 Å². The van der Waals surface area contributed by atoms with Gasteiger partial charge >= 0.3 is 5.97 Å². The normalized spacial score (nSPS) is 11.5. The van der Waals surface area contributed by atoms with Gasteiger partial charge in [-0.1, -0.05) is 138 Å². The lowest BCUT2D eigenvalue weighted by Gasteiger charge is -2.18. The van der Waals surface area contributed by atoms with Crippen LogP contribution < -0.4 is 5.32 Å². The van der Waals surface area contributed by atoms with Crippen molar-refractivity contribution in [1.29, 1.82) is 0 Å². The number of carbonyl (C=O) groups is 3. The molecule has 218 valence electrons. The van der Waals surface area contributed by atoms with Crippen LogP contribution in [-0.2, 0) is 27.2 Å². The number of hydrogen-bond acceptors (Lipinski definition) is 4. The molecule has 3 aromatic rings. The highest BCUT2D eigenvalue weighted by Gasteiger charge is 2.23. The maximum Gasteiger partial charge on any atom is 0.375 e. The summed E-state index contributed by atoms with van der Waals surface area (Å²) < 4.78 is 5.69.